The molecule has 6 nitrogen and oxygen atoms in total. The van der Waals surface area contributed by atoms with Crippen molar-refractivity contribution in [2.24, 2.45) is 0 Å². The van der Waals surface area contributed by atoms with Crippen molar-refractivity contribution in [1.82, 2.24) is 14.8 Å². The number of fused-ring (bicyclic) bond motifs is 1. The van der Waals surface area contributed by atoms with Gasteiger partial charge in [0.2, 0.25) is 5.91 Å². The van der Waals surface area contributed by atoms with Crippen molar-refractivity contribution >= 4 is 17.6 Å². The molecule has 0 radical (unpaired) electrons. The minimum atomic E-state index is -0.523. The van der Waals surface area contributed by atoms with E-state index in [1.807, 2.05) is 49.5 Å². The molecule has 2 aromatic carbocycles. The number of rotatable bonds is 3. The molecule has 1 aromatic heterocycles. The molecule has 0 saturated carbocycles. The Morgan fingerprint density at radius 3 is 2.59 bits per heavy atom. The molecule has 3 amide bonds. The summed E-state index contributed by atoms with van der Waals surface area (Å²) in [7, 11) is 0. The van der Waals surface area contributed by atoms with Crippen molar-refractivity contribution in [1.29, 1.82) is 0 Å². The van der Waals surface area contributed by atoms with Crippen LogP contribution in [-0.2, 0) is 11.3 Å². The van der Waals surface area contributed by atoms with Crippen molar-refractivity contribution in [2.45, 2.75) is 32.0 Å². The Labute approximate surface area is 186 Å². The van der Waals surface area contributed by atoms with Crippen molar-refractivity contribution in [3.63, 3.8) is 0 Å². The van der Waals surface area contributed by atoms with E-state index in [-0.39, 0.29) is 30.2 Å². The number of hydrogen-bond acceptors (Lipinski definition) is 2. The Hall–Kier alpha value is -3.61. The molecule has 7 heteroatoms. The molecule has 2 aliphatic rings. The van der Waals surface area contributed by atoms with Crippen LogP contribution >= 0.6 is 0 Å². The van der Waals surface area contributed by atoms with Gasteiger partial charge in [-0.25, -0.2) is 9.18 Å². The second-order valence-electron chi connectivity index (χ2n) is 8.43. The first kappa shape index (κ1) is 20.3. The van der Waals surface area contributed by atoms with E-state index in [1.54, 1.807) is 28.0 Å². The summed E-state index contributed by atoms with van der Waals surface area (Å²) in [5.41, 5.74) is 3.29. The van der Waals surface area contributed by atoms with Gasteiger partial charge in [0.15, 0.2) is 0 Å². The molecule has 0 spiro atoms. The van der Waals surface area contributed by atoms with Crippen molar-refractivity contribution in [2.75, 3.05) is 18.0 Å². The highest BCUT2D eigenvalue weighted by atomic mass is 19.1. The van der Waals surface area contributed by atoms with Gasteiger partial charge < -0.3 is 19.7 Å². The molecule has 5 rings (SSSR count). The van der Waals surface area contributed by atoms with E-state index >= 15 is 0 Å². The highest BCUT2D eigenvalue weighted by Crippen LogP contribution is 2.34. The first-order valence-electron chi connectivity index (χ1n) is 10.8. The number of urea groups is 1. The third-order valence-corrected chi connectivity index (χ3v) is 6.30. The quantitative estimate of drug-likeness (QED) is 0.683. The molecule has 2 atom stereocenters. The van der Waals surface area contributed by atoms with Crippen molar-refractivity contribution < 1.29 is 14.0 Å². The van der Waals surface area contributed by atoms with Gasteiger partial charge in [-0.05, 0) is 37.3 Å². The van der Waals surface area contributed by atoms with E-state index in [0.29, 0.717) is 25.2 Å². The van der Waals surface area contributed by atoms with Gasteiger partial charge in [0.1, 0.15) is 11.9 Å². The zero-order chi connectivity index (χ0) is 22.2. The predicted octanol–water partition coefficient (Wildman–Crippen LogP) is 3.86. The van der Waals surface area contributed by atoms with Crippen LogP contribution in [0.15, 0.2) is 66.9 Å². The number of aryl methyl sites for hydroxylation is 1. The minimum absolute atomic E-state index is 0.0164. The van der Waals surface area contributed by atoms with E-state index in [2.05, 4.69) is 9.88 Å². The summed E-state index contributed by atoms with van der Waals surface area (Å²) in [6.07, 6.45) is 2.20. The number of benzene rings is 2. The van der Waals surface area contributed by atoms with Crippen LogP contribution in [0, 0.1) is 12.7 Å². The maximum Gasteiger partial charge on any atom is 0.318 e. The number of carbonyl (C=O) groups is 2. The average molecular weight is 432 g/mol. The fourth-order valence-electron chi connectivity index (χ4n) is 4.66. The second kappa shape index (κ2) is 8.15. The molecule has 32 heavy (non-hydrogen) atoms. The molecular formula is C25H25FN4O2. The summed E-state index contributed by atoms with van der Waals surface area (Å²) >= 11 is 0. The van der Waals surface area contributed by atoms with Crippen molar-refractivity contribution in [3.8, 4) is 0 Å². The fraction of sp³-hybridized carbons (Fsp3) is 0.280. The predicted molar refractivity (Wildman–Crippen MR) is 120 cm³/mol. The van der Waals surface area contributed by atoms with Crippen LogP contribution < -0.4 is 10.2 Å². The van der Waals surface area contributed by atoms with Crippen LogP contribution in [0.3, 0.4) is 0 Å². The van der Waals surface area contributed by atoms with Gasteiger partial charge in [0.25, 0.3) is 0 Å². The minimum Gasteiger partial charge on any atom is -0.348 e. The summed E-state index contributed by atoms with van der Waals surface area (Å²) < 4.78 is 16.8. The lowest BCUT2D eigenvalue weighted by atomic mass is 9.99. The zero-order valence-electron chi connectivity index (χ0n) is 17.9. The van der Waals surface area contributed by atoms with Gasteiger partial charge in [-0.3, -0.25) is 4.79 Å². The third kappa shape index (κ3) is 3.64. The SMILES string of the molecule is Cc1ccc(N2C[C@@H](NC(=O)N3CCn4cccc4[C@H]3c3ccccc3F)CC2=O)cc1. The van der Waals surface area contributed by atoms with Gasteiger partial charge in [-0.1, -0.05) is 35.9 Å². The fourth-order valence-corrected chi connectivity index (χ4v) is 4.66. The number of anilines is 1. The van der Waals surface area contributed by atoms with E-state index in [1.165, 1.54) is 6.07 Å². The number of hydrogen-bond donors (Lipinski definition) is 1. The number of halogens is 1. The molecule has 1 fully saturated rings. The van der Waals surface area contributed by atoms with Crippen LogP contribution in [0.4, 0.5) is 14.9 Å². The summed E-state index contributed by atoms with van der Waals surface area (Å²) in [5, 5.41) is 3.03. The Balaban J connectivity index is 1.36. The standard InChI is InChI=1S/C25H25FN4O2/c1-17-8-10-19(11-9-17)30-16-18(15-23(30)31)27-25(32)29-14-13-28-12-4-7-22(28)24(29)20-5-2-3-6-21(20)26/h2-12,18,24H,13-16H2,1H3,(H,27,32)/t18-,24+/m0/s1. The number of amides is 3. The monoisotopic (exact) mass is 432 g/mol. The number of aromatic nitrogens is 1. The van der Waals surface area contributed by atoms with Gasteiger partial charge >= 0.3 is 6.03 Å². The number of carbonyl (C=O) groups excluding carboxylic acids is 2. The first-order valence-corrected chi connectivity index (χ1v) is 10.8. The molecule has 0 aliphatic carbocycles. The van der Waals surface area contributed by atoms with Crippen LogP contribution in [0.1, 0.15) is 29.3 Å². The molecule has 164 valence electrons. The summed E-state index contributed by atoms with van der Waals surface area (Å²) in [6, 6.07) is 17.1. The average Bonchev–Trinajstić information content (AvgIpc) is 3.40. The van der Waals surface area contributed by atoms with Gasteiger partial charge in [0.05, 0.1) is 6.04 Å². The van der Waals surface area contributed by atoms with Gasteiger partial charge in [-0.15, -0.1) is 0 Å². The van der Waals surface area contributed by atoms with Crippen LogP contribution in [-0.4, -0.2) is 40.5 Å². The second-order valence-corrected chi connectivity index (χ2v) is 8.43. The van der Waals surface area contributed by atoms with E-state index in [0.717, 1.165) is 16.9 Å². The molecule has 1 N–H and O–H groups in total. The molecule has 3 aromatic rings. The summed E-state index contributed by atoms with van der Waals surface area (Å²) in [6.45, 7) is 3.51. The Bertz CT molecular complexity index is 1160. The molecule has 3 heterocycles. The molecule has 0 unspecified atom stereocenters. The molecular weight excluding hydrogens is 407 g/mol. The maximum atomic E-state index is 14.7. The Morgan fingerprint density at radius 1 is 1.03 bits per heavy atom. The molecule has 1 saturated heterocycles. The van der Waals surface area contributed by atoms with E-state index in [4.69, 9.17) is 0 Å². The molecule has 0 bridgehead atoms. The Kier molecular flexibility index (Phi) is 5.17. The maximum absolute atomic E-state index is 14.7. The molecule has 2 aliphatic heterocycles. The van der Waals surface area contributed by atoms with E-state index < -0.39 is 6.04 Å². The smallest absolute Gasteiger partial charge is 0.318 e. The van der Waals surface area contributed by atoms with Crippen LogP contribution in [0.25, 0.3) is 0 Å². The van der Waals surface area contributed by atoms with Gasteiger partial charge in [-0.2, -0.15) is 0 Å². The van der Waals surface area contributed by atoms with Gasteiger partial charge in [0, 0.05) is 49.2 Å². The number of nitrogens with zero attached hydrogens (tertiary/aromatic N) is 3. The van der Waals surface area contributed by atoms with E-state index in [9.17, 15) is 14.0 Å². The lowest BCUT2D eigenvalue weighted by Gasteiger charge is -2.38. The Morgan fingerprint density at radius 2 is 1.81 bits per heavy atom. The van der Waals surface area contributed by atoms with Crippen LogP contribution in [0.2, 0.25) is 0 Å². The largest absolute Gasteiger partial charge is 0.348 e. The normalized spacial score (nSPS) is 20.4. The highest BCUT2D eigenvalue weighted by Gasteiger charge is 2.37. The topological polar surface area (TPSA) is 57.6 Å². The highest BCUT2D eigenvalue weighted by molar-refractivity contribution is 5.96. The number of nitrogens with one attached hydrogen (secondary N) is 1. The summed E-state index contributed by atoms with van der Waals surface area (Å²) in [4.78, 5) is 29.3. The summed E-state index contributed by atoms with van der Waals surface area (Å²) in [5.74, 6) is -0.358. The first-order chi connectivity index (χ1) is 15.5. The van der Waals surface area contributed by atoms with Crippen molar-refractivity contribution in [3.05, 3.63) is 89.5 Å². The van der Waals surface area contributed by atoms with Crippen LogP contribution in [0.5, 0.6) is 0 Å². The third-order valence-electron chi connectivity index (χ3n) is 6.30. The lowest BCUT2D eigenvalue weighted by molar-refractivity contribution is -0.117. The lowest BCUT2D eigenvalue weighted by Crippen LogP contribution is -2.50. The zero-order valence-corrected chi connectivity index (χ0v) is 17.9.